The molecule has 4 aliphatic rings. The summed E-state index contributed by atoms with van der Waals surface area (Å²) in [5.41, 5.74) is 6.79. The molecule has 0 amide bonds. The minimum atomic E-state index is -1.60. The van der Waals surface area contributed by atoms with E-state index in [4.69, 9.17) is 28.4 Å². The second kappa shape index (κ2) is 29.8. The lowest BCUT2D eigenvalue weighted by Gasteiger charge is -2.57. The first kappa shape index (κ1) is 58.1. The Morgan fingerprint density at radius 1 is 0.513 bits per heavy atom. The van der Waals surface area contributed by atoms with Gasteiger partial charge in [0.15, 0.2) is 6.10 Å². The lowest BCUT2D eigenvalue weighted by atomic mass is 9.82. The van der Waals surface area contributed by atoms with E-state index in [-0.39, 0.29) is 42.2 Å². The Bertz CT molecular complexity index is 2560. The first-order valence-corrected chi connectivity index (χ1v) is 31.1. The number of carbonyl (C=O) groups excluding carboxylic acids is 1. The molecule has 0 spiro atoms. The van der Waals surface area contributed by atoms with E-state index in [1.54, 1.807) is 23.5 Å². The lowest BCUT2D eigenvalue weighted by Crippen LogP contribution is -2.69. The number of hydrogen-bond donors (Lipinski definition) is 1. The molecule has 12 heteroatoms. The third kappa shape index (κ3) is 15.2. The molecule has 4 aliphatic heterocycles. The maximum atomic E-state index is 13.0. The van der Waals surface area contributed by atoms with Crippen LogP contribution in [-0.4, -0.2) is 76.5 Å². The van der Waals surface area contributed by atoms with E-state index >= 15 is 0 Å². The van der Waals surface area contributed by atoms with E-state index in [0.717, 1.165) is 58.6 Å². The van der Waals surface area contributed by atoms with Crippen LogP contribution in [0.25, 0.3) is 0 Å². The summed E-state index contributed by atoms with van der Waals surface area (Å²) < 4.78 is 37.9. The van der Waals surface area contributed by atoms with Gasteiger partial charge in [-0.1, -0.05) is 210 Å². The molecule has 404 valence electrons. The van der Waals surface area contributed by atoms with E-state index < -0.39 is 22.1 Å². The maximum Gasteiger partial charge on any atom is 0.338 e. The minimum absolute atomic E-state index is 0.0381. The Hall–Kier alpha value is -4.05. The molecule has 4 heterocycles. The number of benzene rings is 6. The quantitative estimate of drug-likeness (QED) is 0.0882. The highest BCUT2D eigenvalue weighted by Crippen LogP contribution is 2.61. The molecule has 9 atom stereocenters. The highest BCUT2D eigenvalue weighted by molar-refractivity contribution is 8.18. The van der Waals surface area contributed by atoms with Crippen LogP contribution in [-0.2, 0) is 63.7 Å². The Morgan fingerprint density at radius 2 is 0.921 bits per heavy atom. The number of rotatable bonds is 17. The fourth-order valence-electron chi connectivity index (χ4n) is 10.2. The molecule has 0 aliphatic carbocycles. The molecule has 6 aromatic carbocycles. The molecule has 0 bridgehead atoms. The summed E-state index contributed by atoms with van der Waals surface area (Å²) in [6, 6.07) is 61.3. The maximum absolute atomic E-state index is 13.0. The fraction of sp³-hybridized carbons (Fsp3) is 0.422. The van der Waals surface area contributed by atoms with Gasteiger partial charge >= 0.3 is 5.97 Å². The molecule has 76 heavy (non-hydrogen) atoms. The smallest absolute Gasteiger partial charge is 0.338 e. The molecule has 4 fully saturated rings. The monoisotopic (exact) mass is 1100 g/mol. The number of ether oxygens (including phenoxy) is 6. The van der Waals surface area contributed by atoms with Crippen molar-refractivity contribution in [3.8, 4) is 0 Å². The zero-order chi connectivity index (χ0) is 53.0. The van der Waals surface area contributed by atoms with Crippen LogP contribution in [0.5, 0.6) is 0 Å². The van der Waals surface area contributed by atoms with E-state index in [0.29, 0.717) is 31.0 Å². The summed E-state index contributed by atoms with van der Waals surface area (Å²) in [5.74, 6) is 2.72. The largest absolute Gasteiger partial charge is 0.460 e. The van der Waals surface area contributed by atoms with Crippen LogP contribution in [0, 0.1) is 11.8 Å². The molecule has 4 saturated heterocycles. The van der Waals surface area contributed by atoms with Crippen LogP contribution in [0.4, 0.5) is 0 Å². The van der Waals surface area contributed by atoms with E-state index in [9.17, 15) is 9.90 Å². The van der Waals surface area contributed by atoms with Crippen molar-refractivity contribution in [1.29, 1.82) is 0 Å². The van der Waals surface area contributed by atoms with Crippen molar-refractivity contribution < 1.29 is 38.3 Å². The van der Waals surface area contributed by atoms with Crippen LogP contribution in [0.1, 0.15) is 91.3 Å². The number of hydrogen-bond acceptors (Lipinski definition) is 12. The van der Waals surface area contributed by atoms with Crippen molar-refractivity contribution >= 4 is 53.0 Å². The van der Waals surface area contributed by atoms with Crippen molar-refractivity contribution in [2.45, 2.75) is 131 Å². The Labute approximate surface area is 469 Å². The molecule has 8 nitrogen and oxygen atoms in total. The molecule has 0 aromatic heterocycles. The predicted octanol–water partition coefficient (Wildman–Crippen LogP) is 14.7. The fourth-order valence-corrected chi connectivity index (χ4v) is 16.6. The topological polar surface area (TPSA) is 92.7 Å². The van der Waals surface area contributed by atoms with E-state index in [1.165, 1.54) is 23.5 Å². The molecule has 0 unspecified atom stereocenters. The first-order valence-electron chi connectivity index (χ1n) is 27.1. The summed E-state index contributed by atoms with van der Waals surface area (Å²) in [6.07, 6.45) is 1.62. The highest BCUT2D eigenvalue weighted by atomic mass is 32.2. The van der Waals surface area contributed by atoms with Crippen LogP contribution < -0.4 is 0 Å². The van der Waals surface area contributed by atoms with E-state index in [1.807, 2.05) is 122 Å². The van der Waals surface area contributed by atoms with Crippen LogP contribution in [0.15, 0.2) is 182 Å². The third-order valence-electron chi connectivity index (χ3n) is 14.4. The van der Waals surface area contributed by atoms with Gasteiger partial charge in [0.05, 0.1) is 43.2 Å². The van der Waals surface area contributed by atoms with Crippen molar-refractivity contribution in [1.82, 2.24) is 0 Å². The van der Waals surface area contributed by atoms with Gasteiger partial charge in [0, 0.05) is 11.8 Å². The van der Waals surface area contributed by atoms with Crippen molar-refractivity contribution in [2.75, 3.05) is 23.0 Å². The molecule has 0 saturated carbocycles. The summed E-state index contributed by atoms with van der Waals surface area (Å²) >= 11 is 7.71. The number of cyclic esters (lactones) is 1. The Kier molecular flexibility index (Phi) is 22.8. The minimum Gasteiger partial charge on any atom is -0.460 e. The highest BCUT2D eigenvalue weighted by Gasteiger charge is 2.66. The summed E-state index contributed by atoms with van der Waals surface area (Å²) in [7, 11) is 0. The number of thioether (sulfide) groups is 4. The average molecular weight is 1100 g/mol. The zero-order valence-electron chi connectivity index (χ0n) is 44.4. The zero-order valence-corrected chi connectivity index (χ0v) is 47.7. The summed E-state index contributed by atoms with van der Waals surface area (Å²) in [4.78, 5) is 12.5. The second-order valence-corrected chi connectivity index (χ2v) is 25.3. The van der Waals surface area contributed by atoms with Gasteiger partial charge in [-0.3, -0.25) is 0 Å². The predicted molar refractivity (Wildman–Crippen MR) is 315 cm³/mol. The number of carbonyl (C=O) groups is 1. The van der Waals surface area contributed by atoms with Crippen molar-refractivity contribution in [3.63, 3.8) is 0 Å². The lowest BCUT2D eigenvalue weighted by molar-refractivity contribution is -0.357. The molecule has 0 radical (unpaired) electrons. The van der Waals surface area contributed by atoms with Crippen LogP contribution >= 0.6 is 47.0 Å². The van der Waals surface area contributed by atoms with Crippen molar-refractivity contribution in [2.24, 2.45) is 11.8 Å². The van der Waals surface area contributed by atoms with Crippen LogP contribution in [0.3, 0.4) is 0 Å². The first-order chi connectivity index (χ1) is 37.2. The molecular formula is C64H76O8S4. The SMILES string of the molecule is CC[C@H]1OC(=O)[C@H](OCc2ccccc2)[C@@H](OCc2ccccc2)[C@@H]1C.CC[C@H]1O[C@@](O)(C2(c3ccccc3)SCCCS2)[C@H](OCc2ccccc2)[C@@H](OCc2ccccc2)[C@@H]1C.c1ccc(C2SCCCS2)cc1. The van der Waals surface area contributed by atoms with Gasteiger partial charge in [0.1, 0.15) is 22.4 Å². The summed E-state index contributed by atoms with van der Waals surface area (Å²) in [5, 5.41) is 13.0. The van der Waals surface area contributed by atoms with Gasteiger partial charge in [-0.15, -0.1) is 47.0 Å². The number of aliphatic hydroxyl groups is 1. The molecule has 1 N–H and O–H groups in total. The van der Waals surface area contributed by atoms with Gasteiger partial charge in [0.2, 0.25) is 5.79 Å². The van der Waals surface area contributed by atoms with E-state index in [2.05, 4.69) is 111 Å². The Balaban J connectivity index is 0.000000172. The van der Waals surface area contributed by atoms with Gasteiger partial charge < -0.3 is 33.5 Å². The van der Waals surface area contributed by atoms with Crippen molar-refractivity contribution in [3.05, 3.63) is 215 Å². The molecule has 10 rings (SSSR count). The Morgan fingerprint density at radius 3 is 1.41 bits per heavy atom. The molecular weight excluding hydrogens is 1020 g/mol. The van der Waals surface area contributed by atoms with Crippen LogP contribution in [0.2, 0.25) is 0 Å². The average Bonchev–Trinajstić information content (AvgIpc) is 3.60. The standard InChI is InChI=1S/C32H38O4S2.C22H26O4.C10H12S2/c1-3-28-24(2)29(34-22-25-14-7-4-8-15-25)30(35-23-26-16-9-5-10-17-26)31(33,36-28)32(37-20-13-21-38-32)27-18-11-6-12-19-27;1-3-19-16(2)20(24-14-17-10-6-4-7-11-17)21(22(23)26-19)25-15-18-12-8-5-9-13-18;1-2-5-9(6-3-1)10-11-7-4-8-12-10/h4-12,14-19,24,28-30,33H,3,13,20-23H2,1-2H3;4-13,16,19-21H,3,14-15H2,1-2H3;1-3,5-6,10H,4,7-8H2/t24-,28-,29+,30-,31-;16-,19-,20+,21-;/m11./s1. The summed E-state index contributed by atoms with van der Waals surface area (Å²) in [6.45, 7) is 10.00. The van der Waals surface area contributed by atoms with Gasteiger partial charge in [-0.05, 0) is 82.1 Å². The molecule has 6 aromatic rings. The van der Waals surface area contributed by atoms with Gasteiger partial charge in [-0.25, -0.2) is 4.79 Å². The normalized spacial score (nSPS) is 26.4. The van der Waals surface area contributed by atoms with Gasteiger partial charge in [-0.2, -0.15) is 0 Å². The van der Waals surface area contributed by atoms with Gasteiger partial charge in [0.25, 0.3) is 0 Å². The third-order valence-corrected chi connectivity index (χ3v) is 20.9. The number of esters is 1. The second-order valence-electron chi connectivity index (χ2n) is 19.7.